The molecule has 0 aromatic heterocycles. The van der Waals surface area contributed by atoms with E-state index in [2.05, 4.69) is 23.7 Å². The van der Waals surface area contributed by atoms with Crippen molar-refractivity contribution in [2.75, 3.05) is 13.2 Å². The predicted octanol–water partition coefficient (Wildman–Crippen LogP) is 0.914. The first-order valence-corrected chi connectivity index (χ1v) is 5.78. The lowest BCUT2D eigenvalue weighted by molar-refractivity contribution is -0.111. The molecular weight excluding hydrogens is 232 g/mol. The van der Waals surface area contributed by atoms with Gasteiger partial charge in [-0.3, -0.25) is 0 Å². The van der Waals surface area contributed by atoms with Gasteiger partial charge in [0.2, 0.25) is 0 Å². The fourth-order valence-electron chi connectivity index (χ4n) is 0.871. The lowest BCUT2D eigenvalue weighted by Crippen LogP contribution is -2.17. The number of hydrogen-bond donors (Lipinski definition) is 2. The Hall–Kier alpha value is -1.04. The quantitative estimate of drug-likeness (QED) is 0.578. The first-order valence-electron chi connectivity index (χ1n) is 5.78. The molecule has 18 heavy (non-hydrogen) atoms. The summed E-state index contributed by atoms with van der Waals surface area (Å²) in [7, 11) is 0. The highest BCUT2D eigenvalue weighted by Gasteiger charge is 2.06. The molecule has 0 saturated carbocycles. The Morgan fingerprint density at radius 3 is 1.50 bits per heavy atom. The molecule has 0 radical (unpaired) electrons. The van der Waals surface area contributed by atoms with Gasteiger partial charge in [0.1, 0.15) is 24.4 Å². The Kier molecular flexibility index (Phi) is 6.98. The van der Waals surface area contributed by atoms with E-state index in [1.165, 1.54) is 0 Å². The normalized spacial score (nSPS) is 11.6. The third-order valence-corrected chi connectivity index (χ3v) is 1.57. The molecule has 0 aliphatic carbocycles. The average molecular weight is 254 g/mol. The molecule has 0 aliphatic heterocycles. The highest BCUT2D eigenvalue weighted by molar-refractivity contribution is 5.10. The number of aliphatic hydroxyl groups is 2. The van der Waals surface area contributed by atoms with Crippen molar-refractivity contribution in [1.82, 2.24) is 0 Å². The molecule has 0 fully saturated rings. The van der Waals surface area contributed by atoms with E-state index >= 15 is 0 Å². The molecular formula is C14H22O4. The van der Waals surface area contributed by atoms with Crippen LogP contribution in [0.5, 0.6) is 0 Å². The Labute approximate surface area is 109 Å². The van der Waals surface area contributed by atoms with Crippen LogP contribution in [-0.4, -0.2) is 40.9 Å². The second-order valence-electron chi connectivity index (χ2n) is 4.91. The van der Waals surface area contributed by atoms with Gasteiger partial charge in [-0.25, -0.2) is 0 Å². The molecule has 102 valence electrons. The average Bonchev–Trinajstić information content (AvgIpc) is 2.17. The van der Waals surface area contributed by atoms with E-state index < -0.39 is 17.5 Å². The van der Waals surface area contributed by atoms with Crippen LogP contribution in [0.2, 0.25) is 0 Å². The summed E-state index contributed by atoms with van der Waals surface area (Å²) in [6, 6.07) is 0. The Balaban J connectivity index is 3.81. The van der Waals surface area contributed by atoms with Crippen molar-refractivity contribution < 1.29 is 19.7 Å². The topological polar surface area (TPSA) is 58.9 Å². The standard InChI is InChI=1S/C14H22O4/c1-12(17-10-6-8-13(2,3)15)18-11-7-9-14(4,5)16/h12,15-16H,10-11H2,1-5H3. The van der Waals surface area contributed by atoms with Gasteiger partial charge in [0.05, 0.1) is 0 Å². The number of rotatable bonds is 4. The molecule has 0 aliphatic rings. The van der Waals surface area contributed by atoms with Gasteiger partial charge in [0.15, 0.2) is 6.29 Å². The smallest absolute Gasteiger partial charge is 0.157 e. The summed E-state index contributed by atoms with van der Waals surface area (Å²) in [5.41, 5.74) is -2.02. The molecule has 0 saturated heterocycles. The molecule has 0 spiro atoms. The van der Waals surface area contributed by atoms with Crippen molar-refractivity contribution in [3.63, 3.8) is 0 Å². The van der Waals surface area contributed by atoms with Crippen molar-refractivity contribution in [2.24, 2.45) is 0 Å². The maximum absolute atomic E-state index is 9.33. The van der Waals surface area contributed by atoms with Crippen molar-refractivity contribution in [1.29, 1.82) is 0 Å². The Morgan fingerprint density at radius 1 is 0.889 bits per heavy atom. The van der Waals surface area contributed by atoms with Crippen LogP contribution in [0.3, 0.4) is 0 Å². The molecule has 4 nitrogen and oxygen atoms in total. The fraction of sp³-hybridized carbons (Fsp3) is 0.714. The van der Waals surface area contributed by atoms with Gasteiger partial charge < -0.3 is 19.7 Å². The van der Waals surface area contributed by atoms with E-state index in [9.17, 15) is 10.2 Å². The lowest BCUT2D eigenvalue weighted by atomic mass is 10.1. The van der Waals surface area contributed by atoms with Gasteiger partial charge in [0, 0.05) is 0 Å². The largest absolute Gasteiger partial charge is 0.378 e. The van der Waals surface area contributed by atoms with Gasteiger partial charge in [0.25, 0.3) is 0 Å². The summed E-state index contributed by atoms with van der Waals surface area (Å²) in [5.74, 6) is 10.6. The fourth-order valence-corrected chi connectivity index (χ4v) is 0.871. The minimum absolute atomic E-state index is 0.185. The van der Waals surface area contributed by atoms with Crippen molar-refractivity contribution >= 4 is 0 Å². The molecule has 0 heterocycles. The van der Waals surface area contributed by atoms with Crippen molar-refractivity contribution in [3.8, 4) is 23.7 Å². The first kappa shape index (κ1) is 17.0. The number of ether oxygens (including phenoxy) is 2. The second kappa shape index (κ2) is 7.41. The minimum Gasteiger partial charge on any atom is -0.378 e. The van der Waals surface area contributed by atoms with Crippen molar-refractivity contribution in [3.05, 3.63) is 0 Å². The molecule has 0 unspecified atom stereocenters. The van der Waals surface area contributed by atoms with Crippen LogP contribution in [0.1, 0.15) is 34.6 Å². The highest BCUT2D eigenvalue weighted by atomic mass is 16.7. The molecule has 0 aromatic rings. The summed E-state index contributed by atoms with van der Waals surface area (Å²) in [6.07, 6.45) is -0.433. The van der Waals surface area contributed by atoms with Gasteiger partial charge in [-0.1, -0.05) is 23.7 Å². The lowest BCUT2D eigenvalue weighted by Gasteiger charge is -2.11. The zero-order valence-electron chi connectivity index (χ0n) is 11.7. The van der Waals surface area contributed by atoms with E-state index in [4.69, 9.17) is 9.47 Å². The zero-order valence-corrected chi connectivity index (χ0v) is 11.7. The van der Waals surface area contributed by atoms with E-state index in [0.29, 0.717) is 0 Å². The molecule has 2 N–H and O–H groups in total. The van der Waals surface area contributed by atoms with Gasteiger partial charge in [-0.15, -0.1) is 0 Å². The Morgan fingerprint density at radius 2 is 1.22 bits per heavy atom. The number of hydrogen-bond acceptors (Lipinski definition) is 4. The van der Waals surface area contributed by atoms with Crippen LogP contribution in [0.25, 0.3) is 0 Å². The third-order valence-electron chi connectivity index (χ3n) is 1.57. The van der Waals surface area contributed by atoms with Gasteiger partial charge in [-0.05, 0) is 34.6 Å². The van der Waals surface area contributed by atoms with Crippen LogP contribution in [0, 0.1) is 23.7 Å². The van der Waals surface area contributed by atoms with E-state index in [-0.39, 0.29) is 13.2 Å². The summed E-state index contributed by atoms with van der Waals surface area (Å²) < 4.78 is 10.5. The maximum atomic E-state index is 9.33. The monoisotopic (exact) mass is 254 g/mol. The van der Waals surface area contributed by atoms with E-state index in [1.54, 1.807) is 34.6 Å². The molecule has 0 amide bonds. The molecule has 0 atom stereocenters. The molecule has 0 aromatic carbocycles. The summed E-state index contributed by atoms with van der Waals surface area (Å²) in [6.45, 7) is 8.52. The van der Waals surface area contributed by atoms with E-state index in [1.807, 2.05) is 0 Å². The highest BCUT2D eigenvalue weighted by Crippen LogP contribution is 1.98. The molecule has 0 bridgehead atoms. The van der Waals surface area contributed by atoms with Crippen LogP contribution in [-0.2, 0) is 9.47 Å². The van der Waals surface area contributed by atoms with Crippen LogP contribution in [0.15, 0.2) is 0 Å². The SMILES string of the molecule is CC(OCC#CC(C)(C)O)OCC#CC(C)(C)O. The molecule has 4 heteroatoms. The second-order valence-corrected chi connectivity index (χ2v) is 4.91. The predicted molar refractivity (Wildman–Crippen MR) is 69.5 cm³/mol. The summed E-state index contributed by atoms with van der Waals surface area (Å²) >= 11 is 0. The van der Waals surface area contributed by atoms with Crippen LogP contribution in [0.4, 0.5) is 0 Å². The minimum atomic E-state index is -1.01. The van der Waals surface area contributed by atoms with Crippen LogP contribution >= 0.6 is 0 Å². The van der Waals surface area contributed by atoms with Crippen LogP contribution < -0.4 is 0 Å². The first-order chi connectivity index (χ1) is 8.10. The van der Waals surface area contributed by atoms with E-state index in [0.717, 1.165) is 0 Å². The molecule has 0 rings (SSSR count). The van der Waals surface area contributed by atoms with Crippen molar-refractivity contribution in [2.45, 2.75) is 52.1 Å². The zero-order chi connectivity index (χ0) is 14.2. The maximum Gasteiger partial charge on any atom is 0.157 e. The van der Waals surface area contributed by atoms with Gasteiger partial charge >= 0.3 is 0 Å². The Bertz CT molecular complexity index is 316. The summed E-state index contributed by atoms with van der Waals surface area (Å²) in [5, 5.41) is 18.7. The third kappa shape index (κ3) is 13.0. The summed E-state index contributed by atoms with van der Waals surface area (Å²) in [4.78, 5) is 0. The van der Waals surface area contributed by atoms with Gasteiger partial charge in [-0.2, -0.15) is 0 Å².